The zero-order valence-electron chi connectivity index (χ0n) is 8.66. The lowest BCUT2D eigenvalue weighted by molar-refractivity contribution is -0.115. The van der Waals surface area contributed by atoms with Crippen LogP contribution in [0.3, 0.4) is 0 Å². The third-order valence-electron chi connectivity index (χ3n) is 2.76. The number of carbonyl (C=O) groups is 1. The third-order valence-corrected chi connectivity index (χ3v) is 2.76. The number of hydrogen-bond donors (Lipinski definition) is 2. The normalized spacial score (nSPS) is 18.9. The van der Waals surface area contributed by atoms with Crippen LogP contribution in [0.4, 0.5) is 11.4 Å². The SMILES string of the molecule is Nc1cc2c(cc1OC1COC1)NC(=O)C2. The molecule has 16 heavy (non-hydrogen) atoms. The van der Waals surface area contributed by atoms with Crippen LogP contribution < -0.4 is 15.8 Å². The first-order valence-electron chi connectivity index (χ1n) is 5.19. The summed E-state index contributed by atoms with van der Waals surface area (Å²) >= 11 is 0. The Bertz CT molecular complexity index is 455. The van der Waals surface area contributed by atoms with Crippen LogP contribution in [0.1, 0.15) is 5.56 Å². The molecule has 3 rings (SSSR count). The molecule has 1 aromatic rings. The van der Waals surface area contributed by atoms with E-state index >= 15 is 0 Å². The van der Waals surface area contributed by atoms with Crippen molar-refractivity contribution in [1.29, 1.82) is 0 Å². The second kappa shape index (κ2) is 3.38. The number of hydrogen-bond acceptors (Lipinski definition) is 4. The van der Waals surface area contributed by atoms with Crippen molar-refractivity contribution < 1.29 is 14.3 Å². The number of fused-ring (bicyclic) bond motifs is 1. The number of anilines is 2. The van der Waals surface area contributed by atoms with Crippen LogP contribution in [-0.2, 0) is 16.0 Å². The molecule has 1 saturated heterocycles. The van der Waals surface area contributed by atoms with Crippen molar-refractivity contribution in [3.05, 3.63) is 17.7 Å². The van der Waals surface area contributed by atoms with E-state index in [0.717, 1.165) is 11.3 Å². The van der Waals surface area contributed by atoms with Gasteiger partial charge in [0, 0.05) is 11.8 Å². The smallest absolute Gasteiger partial charge is 0.228 e. The summed E-state index contributed by atoms with van der Waals surface area (Å²) in [6.07, 6.45) is 0.476. The highest BCUT2D eigenvalue weighted by Crippen LogP contribution is 2.34. The van der Waals surface area contributed by atoms with E-state index in [-0.39, 0.29) is 12.0 Å². The molecule has 84 valence electrons. The molecular formula is C11H12N2O3. The number of nitrogen functional groups attached to an aromatic ring is 1. The van der Waals surface area contributed by atoms with Crippen LogP contribution in [0.5, 0.6) is 5.75 Å². The van der Waals surface area contributed by atoms with Gasteiger partial charge in [0.25, 0.3) is 0 Å². The van der Waals surface area contributed by atoms with E-state index in [0.29, 0.717) is 31.1 Å². The lowest BCUT2D eigenvalue weighted by atomic mass is 10.1. The van der Waals surface area contributed by atoms with E-state index in [1.54, 1.807) is 12.1 Å². The van der Waals surface area contributed by atoms with Crippen LogP contribution in [0.15, 0.2) is 12.1 Å². The van der Waals surface area contributed by atoms with Gasteiger partial charge in [-0.15, -0.1) is 0 Å². The number of amides is 1. The summed E-state index contributed by atoms with van der Waals surface area (Å²) in [5.41, 5.74) is 8.16. The average molecular weight is 220 g/mol. The van der Waals surface area contributed by atoms with Crippen molar-refractivity contribution >= 4 is 17.3 Å². The minimum atomic E-state index is -0.00136. The van der Waals surface area contributed by atoms with Crippen molar-refractivity contribution in [3.8, 4) is 5.75 Å². The number of nitrogens with one attached hydrogen (secondary N) is 1. The van der Waals surface area contributed by atoms with Crippen molar-refractivity contribution in [2.75, 3.05) is 24.3 Å². The molecule has 3 N–H and O–H groups in total. The molecule has 1 aromatic carbocycles. The van der Waals surface area contributed by atoms with Gasteiger partial charge in [-0.1, -0.05) is 0 Å². The van der Waals surface area contributed by atoms with Gasteiger partial charge in [-0.05, 0) is 11.6 Å². The summed E-state index contributed by atoms with van der Waals surface area (Å²) in [4.78, 5) is 11.2. The highest BCUT2D eigenvalue weighted by Gasteiger charge is 2.24. The van der Waals surface area contributed by atoms with Gasteiger partial charge in [0.2, 0.25) is 5.91 Å². The molecule has 5 heteroatoms. The number of carbonyl (C=O) groups excluding carboxylic acids is 1. The second-order valence-electron chi connectivity index (χ2n) is 4.05. The maximum atomic E-state index is 11.2. The molecule has 0 aliphatic carbocycles. The van der Waals surface area contributed by atoms with Gasteiger partial charge >= 0.3 is 0 Å². The molecule has 1 fully saturated rings. The van der Waals surface area contributed by atoms with E-state index in [2.05, 4.69) is 5.32 Å². The molecule has 0 bridgehead atoms. The molecule has 2 heterocycles. The monoisotopic (exact) mass is 220 g/mol. The summed E-state index contributed by atoms with van der Waals surface area (Å²) in [5.74, 6) is 0.618. The highest BCUT2D eigenvalue weighted by atomic mass is 16.6. The molecule has 0 spiro atoms. The minimum absolute atomic E-state index is 0.00136. The Morgan fingerprint density at radius 2 is 2.25 bits per heavy atom. The van der Waals surface area contributed by atoms with Gasteiger partial charge in [0.15, 0.2) is 0 Å². The van der Waals surface area contributed by atoms with Crippen molar-refractivity contribution in [2.24, 2.45) is 0 Å². The summed E-state index contributed by atoms with van der Waals surface area (Å²) < 4.78 is 10.7. The van der Waals surface area contributed by atoms with E-state index in [9.17, 15) is 4.79 Å². The molecule has 0 saturated carbocycles. The van der Waals surface area contributed by atoms with Crippen LogP contribution in [0.25, 0.3) is 0 Å². The highest BCUT2D eigenvalue weighted by molar-refractivity contribution is 6.00. The zero-order valence-corrected chi connectivity index (χ0v) is 8.66. The molecule has 0 radical (unpaired) electrons. The Morgan fingerprint density at radius 1 is 1.44 bits per heavy atom. The third kappa shape index (κ3) is 1.49. The molecule has 2 aliphatic heterocycles. The quantitative estimate of drug-likeness (QED) is 0.713. The molecule has 1 amide bonds. The Labute approximate surface area is 92.5 Å². The fraction of sp³-hybridized carbons (Fsp3) is 0.364. The van der Waals surface area contributed by atoms with Gasteiger partial charge in [-0.2, -0.15) is 0 Å². The Balaban J connectivity index is 1.88. The first-order chi connectivity index (χ1) is 7.72. The number of benzene rings is 1. The summed E-state index contributed by atoms with van der Waals surface area (Å²) in [6.45, 7) is 1.20. The Morgan fingerprint density at radius 3 is 2.94 bits per heavy atom. The summed E-state index contributed by atoms with van der Waals surface area (Å²) in [7, 11) is 0. The molecule has 0 aromatic heterocycles. The van der Waals surface area contributed by atoms with Crippen molar-refractivity contribution in [2.45, 2.75) is 12.5 Å². The van der Waals surface area contributed by atoms with Crippen LogP contribution >= 0.6 is 0 Å². The van der Waals surface area contributed by atoms with Crippen LogP contribution in [0, 0.1) is 0 Å². The number of nitrogens with two attached hydrogens (primary N) is 1. The lowest BCUT2D eigenvalue weighted by Gasteiger charge is -2.27. The fourth-order valence-electron chi connectivity index (χ4n) is 1.84. The standard InChI is InChI=1S/C11H12N2O3/c12-8-1-6-2-11(14)13-9(6)3-10(8)16-7-4-15-5-7/h1,3,7H,2,4-5,12H2,(H,13,14). The van der Waals surface area contributed by atoms with Crippen molar-refractivity contribution in [3.63, 3.8) is 0 Å². The average Bonchev–Trinajstić information content (AvgIpc) is 2.50. The van der Waals surface area contributed by atoms with Gasteiger partial charge in [-0.3, -0.25) is 4.79 Å². The summed E-state index contributed by atoms with van der Waals surface area (Å²) in [5, 5.41) is 2.77. The van der Waals surface area contributed by atoms with E-state index in [1.165, 1.54) is 0 Å². The maximum absolute atomic E-state index is 11.2. The van der Waals surface area contributed by atoms with Gasteiger partial charge in [0.05, 0.1) is 25.3 Å². The van der Waals surface area contributed by atoms with Gasteiger partial charge in [-0.25, -0.2) is 0 Å². The molecular weight excluding hydrogens is 208 g/mol. The number of ether oxygens (including phenoxy) is 2. The predicted octanol–water partition coefficient (Wildman–Crippen LogP) is 0.541. The Hall–Kier alpha value is -1.75. The number of rotatable bonds is 2. The molecule has 0 unspecified atom stereocenters. The molecule has 0 atom stereocenters. The van der Waals surface area contributed by atoms with E-state index < -0.39 is 0 Å². The summed E-state index contributed by atoms with van der Waals surface area (Å²) in [6, 6.07) is 3.58. The topological polar surface area (TPSA) is 73.6 Å². The fourth-order valence-corrected chi connectivity index (χ4v) is 1.84. The van der Waals surface area contributed by atoms with Crippen molar-refractivity contribution in [1.82, 2.24) is 0 Å². The maximum Gasteiger partial charge on any atom is 0.228 e. The first kappa shape index (κ1) is 9.47. The second-order valence-corrected chi connectivity index (χ2v) is 4.05. The largest absolute Gasteiger partial charge is 0.483 e. The Kier molecular flexibility index (Phi) is 2.00. The van der Waals surface area contributed by atoms with E-state index in [4.69, 9.17) is 15.2 Å². The molecule has 5 nitrogen and oxygen atoms in total. The van der Waals surface area contributed by atoms with Gasteiger partial charge < -0.3 is 20.5 Å². The zero-order chi connectivity index (χ0) is 11.1. The van der Waals surface area contributed by atoms with Gasteiger partial charge in [0.1, 0.15) is 11.9 Å². The molecule has 2 aliphatic rings. The minimum Gasteiger partial charge on any atom is -0.483 e. The first-order valence-corrected chi connectivity index (χ1v) is 5.19. The predicted molar refractivity (Wildman–Crippen MR) is 58.4 cm³/mol. The van der Waals surface area contributed by atoms with Crippen LogP contribution in [0.2, 0.25) is 0 Å². The van der Waals surface area contributed by atoms with E-state index in [1.807, 2.05) is 0 Å². The lowest BCUT2D eigenvalue weighted by Crippen LogP contribution is -2.38. The van der Waals surface area contributed by atoms with Crippen LogP contribution in [-0.4, -0.2) is 25.2 Å².